The Morgan fingerprint density at radius 1 is 0.727 bits per heavy atom. The van der Waals surface area contributed by atoms with Gasteiger partial charge in [0.1, 0.15) is 0 Å². The average Bonchev–Trinajstić information content (AvgIpc) is 3.54. The maximum Gasteiger partial charge on any atom is 0.251 e. The van der Waals surface area contributed by atoms with E-state index >= 15 is 0 Å². The van der Waals surface area contributed by atoms with Gasteiger partial charge in [-0.15, -0.1) is 0 Å². The molecule has 5 rings (SSSR count). The van der Waals surface area contributed by atoms with E-state index in [1.807, 2.05) is 36.4 Å². The maximum atomic E-state index is 12.0. The lowest BCUT2D eigenvalue weighted by atomic mass is 10.1. The summed E-state index contributed by atoms with van der Waals surface area (Å²) in [6, 6.07) is 23.2. The zero-order valence-electron chi connectivity index (χ0n) is 24.7. The SMILES string of the molecule is Cc1ccc(CNc2nc(NCCOCCOCCNC(=O)c3ccccc3)nc(NCc3cccc4c3OCO4)n2)cc1. The highest BCUT2D eigenvalue weighted by Gasteiger charge is 2.17. The van der Waals surface area contributed by atoms with Crippen LogP contribution in [0, 0.1) is 6.92 Å². The molecule has 0 atom stereocenters. The standard InChI is InChI=1S/C32H37N7O5/c1-23-10-12-24(13-11-23)20-35-31-37-30(38-32(39-31)36-21-26-8-5-9-27-28(26)44-22-43-27)34-15-17-42-19-18-41-16-14-33-29(40)25-6-3-2-4-7-25/h2-13H,14-22H2,1H3,(H,33,40)(H3,34,35,36,37,38,39). The lowest BCUT2D eigenvalue weighted by Gasteiger charge is -2.12. The van der Waals surface area contributed by atoms with Crippen LogP contribution in [0.15, 0.2) is 72.8 Å². The van der Waals surface area contributed by atoms with Crippen LogP contribution in [0.2, 0.25) is 0 Å². The van der Waals surface area contributed by atoms with Gasteiger partial charge in [0.25, 0.3) is 5.91 Å². The van der Waals surface area contributed by atoms with Crippen molar-refractivity contribution in [3.8, 4) is 11.5 Å². The molecule has 0 radical (unpaired) electrons. The van der Waals surface area contributed by atoms with E-state index in [0.717, 1.165) is 22.6 Å². The van der Waals surface area contributed by atoms with Gasteiger partial charge in [0.2, 0.25) is 24.6 Å². The highest BCUT2D eigenvalue weighted by atomic mass is 16.7. The summed E-state index contributed by atoms with van der Waals surface area (Å²) in [5.41, 5.74) is 3.89. The third-order valence-electron chi connectivity index (χ3n) is 6.59. The van der Waals surface area contributed by atoms with Crippen LogP contribution in [0.3, 0.4) is 0 Å². The number of carbonyl (C=O) groups excluding carboxylic acids is 1. The number of anilines is 3. The fraction of sp³-hybridized carbons (Fsp3) is 0.312. The van der Waals surface area contributed by atoms with Crippen molar-refractivity contribution in [2.75, 3.05) is 62.3 Å². The van der Waals surface area contributed by atoms with E-state index in [4.69, 9.17) is 18.9 Å². The van der Waals surface area contributed by atoms with Crippen molar-refractivity contribution in [3.63, 3.8) is 0 Å². The minimum absolute atomic E-state index is 0.117. The number of ether oxygens (including phenoxy) is 4. The number of aryl methyl sites for hydroxylation is 1. The predicted octanol–water partition coefficient (Wildman–Crippen LogP) is 4.01. The molecule has 0 unspecified atom stereocenters. The molecule has 12 heteroatoms. The van der Waals surface area contributed by atoms with Gasteiger partial charge in [-0.3, -0.25) is 4.79 Å². The van der Waals surface area contributed by atoms with Gasteiger partial charge < -0.3 is 40.2 Å². The minimum Gasteiger partial charge on any atom is -0.454 e. The Balaban J connectivity index is 1.06. The Labute approximate surface area is 256 Å². The van der Waals surface area contributed by atoms with Gasteiger partial charge in [-0.1, -0.05) is 60.2 Å². The van der Waals surface area contributed by atoms with Crippen molar-refractivity contribution in [1.82, 2.24) is 20.3 Å². The van der Waals surface area contributed by atoms with Gasteiger partial charge >= 0.3 is 0 Å². The second kappa shape index (κ2) is 16.1. The van der Waals surface area contributed by atoms with Crippen molar-refractivity contribution < 1.29 is 23.7 Å². The van der Waals surface area contributed by atoms with Crippen LogP contribution in [0.4, 0.5) is 17.8 Å². The normalized spacial score (nSPS) is 11.7. The molecule has 230 valence electrons. The number of aromatic nitrogens is 3. The second-order valence-electron chi connectivity index (χ2n) is 9.92. The number of rotatable bonds is 17. The lowest BCUT2D eigenvalue weighted by molar-refractivity contribution is 0.0519. The van der Waals surface area contributed by atoms with Crippen LogP contribution in [0.5, 0.6) is 11.5 Å². The molecule has 12 nitrogen and oxygen atoms in total. The highest BCUT2D eigenvalue weighted by Crippen LogP contribution is 2.35. The number of para-hydroxylation sites is 1. The van der Waals surface area contributed by atoms with E-state index < -0.39 is 0 Å². The summed E-state index contributed by atoms with van der Waals surface area (Å²) in [5.74, 6) is 2.61. The Morgan fingerprint density at radius 3 is 2.16 bits per heavy atom. The molecule has 0 fully saturated rings. The summed E-state index contributed by atoms with van der Waals surface area (Å²) in [6.45, 7) is 5.90. The minimum atomic E-state index is -0.117. The Kier molecular flexibility index (Phi) is 11.1. The van der Waals surface area contributed by atoms with Crippen molar-refractivity contribution in [2.24, 2.45) is 0 Å². The number of carbonyl (C=O) groups is 1. The van der Waals surface area contributed by atoms with Gasteiger partial charge in [0, 0.05) is 37.3 Å². The number of nitrogens with zero attached hydrogens (tertiary/aromatic N) is 3. The first-order valence-corrected chi connectivity index (χ1v) is 14.5. The zero-order chi connectivity index (χ0) is 30.4. The van der Waals surface area contributed by atoms with Crippen molar-refractivity contribution in [3.05, 3.63) is 95.1 Å². The molecule has 3 aromatic carbocycles. The second-order valence-corrected chi connectivity index (χ2v) is 9.92. The predicted molar refractivity (Wildman–Crippen MR) is 167 cm³/mol. The molecule has 4 aromatic rings. The van der Waals surface area contributed by atoms with Gasteiger partial charge in [0.15, 0.2) is 11.5 Å². The average molecular weight is 600 g/mol. The van der Waals surface area contributed by atoms with Crippen LogP contribution in [-0.2, 0) is 22.6 Å². The molecular weight excluding hydrogens is 562 g/mol. The van der Waals surface area contributed by atoms with Crippen LogP contribution < -0.4 is 30.7 Å². The summed E-state index contributed by atoms with van der Waals surface area (Å²) in [7, 11) is 0. The van der Waals surface area contributed by atoms with Crippen LogP contribution >= 0.6 is 0 Å². The Hall–Kier alpha value is -4.94. The molecule has 0 aliphatic carbocycles. The summed E-state index contributed by atoms with van der Waals surface area (Å²) in [5, 5.41) is 12.6. The van der Waals surface area contributed by atoms with E-state index in [-0.39, 0.29) is 12.7 Å². The number of nitrogens with one attached hydrogen (secondary N) is 4. The molecule has 1 amide bonds. The Bertz CT molecular complexity index is 1490. The monoisotopic (exact) mass is 599 g/mol. The van der Waals surface area contributed by atoms with Crippen LogP contribution in [0.25, 0.3) is 0 Å². The molecule has 1 aliphatic heterocycles. The number of hydrogen-bond acceptors (Lipinski definition) is 11. The molecule has 0 spiro atoms. The van der Waals surface area contributed by atoms with Crippen molar-refractivity contribution in [2.45, 2.75) is 20.0 Å². The number of benzene rings is 3. The third-order valence-corrected chi connectivity index (χ3v) is 6.59. The largest absolute Gasteiger partial charge is 0.454 e. The summed E-state index contributed by atoms with van der Waals surface area (Å²) < 4.78 is 22.3. The number of amides is 1. The van der Waals surface area contributed by atoms with E-state index in [0.29, 0.717) is 76.0 Å². The van der Waals surface area contributed by atoms with E-state index in [1.54, 1.807) is 12.1 Å². The number of hydrogen-bond donors (Lipinski definition) is 4. The third kappa shape index (κ3) is 9.28. The van der Waals surface area contributed by atoms with Gasteiger partial charge in [0.05, 0.1) is 26.4 Å². The fourth-order valence-corrected chi connectivity index (χ4v) is 4.29. The zero-order valence-corrected chi connectivity index (χ0v) is 24.7. The molecule has 1 aliphatic rings. The smallest absolute Gasteiger partial charge is 0.251 e. The molecular formula is C32H37N7O5. The van der Waals surface area contributed by atoms with Crippen molar-refractivity contribution >= 4 is 23.8 Å². The molecule has 0 saturated carbocycles. The van der Waals surface area contributed by atoms with Crippen LogP contribution in [-0.4, -0.2) is 67.2 Å². The van der Waals surface area contributed by atoms with Crippen LogP contribution in [0.1, 0.15) is 27.0 Å². The van der Waals surface area contributed by atoms with Crippen molar-refractivity contribution in [1.29, 1.82) is 0 Å². The fourth-order valence-electron chi connectivity index (χ4n) is 4.29. The Morgan fingerprint density at radius 2 is 1.41 bits per heavy atom. The highest BCUT2D eigenvalue weighted by molar-refractivity contribution is 5.94. The first kappa shape index (κ1) is 30.5. The molecule has 44 heavy (non-hydrogen) atoms. The van der Waals surface area contributed by atoms with Gasteiger partial charge in [-0.2, -0.15) is 15.0 Å². The van der Waals surface area contributed by atoms with E-state index in [1.165, 1.54) is 5.56 Å². The first-order chi connectivity index (χ1) is 21.6. The topological polar surface area (TPSA) is 141 Å². The lowest BCUT2D eigenvalue weighted by Crippen LogP contribution is -2.27. The quantitative estimate of drug-likeness (QED) is 0.131. The van der Waals surface area contributed by atoms with Gasteiger partial charge in [-0.05, 0) is 30.7 Å². The molecule has 4 N–H and O–H groups in total. The molecule has 1 aromatic heterocycles. The first-order valence-electron chi connectivity index (χ1n) is 14.5. The summed E-state index contributed by atoms with van der Waals surface area (Å²) in [6.07, 6.45) is 0. The molecule has 0 saturated heterocycles. The summed E-state index contributed by atoms with van der Waals surface area (Å²) >= 11 is 0. The molecule has 0 bridgehead atoms. The van der Waals surface area contributed by atoms with Gasteiger partial charge in [-0.25, -0.2) is 0 Å². The summed E-state index contributed by atoms with van der Waals surface area (Å²) in [4.78, 5) is 25.7. The molecule has 2 heterocycles. The number of fused-ring (bicyclic) bond motifs is 1. The van der Waals surface area contributed by atoms with E-state index in [2.05, 4.69) is 67.4 Å². The maximum absolute atomic E-state index is 12.0. The van der Waals surface area contributed by atoms with E-state index in [9.17, 15) is 4.79 Å².